The Hall–Kier alpha value is -2.84. The van der Waals surface area contributed by atoms with Crippen molar-refractivity contribution in [1.82, 2.24) is 4.90 Å². The maximum absolute atomic E-state index is 12.3. The number of anilines is 1. The summed E-state index contributed by atoms with van der Waals surface area (Å²) < 4.78 is 36.7. The number of alkyl halides is 3. The van der Waals surface area contributed by atoms with Gasteiger partial charge in [0.05, 0.1) is 0 Å². The van der Waals surface area contributed by atoms with Crippen LogP contribution in [-0.2, 0) is 9.59 Å². The number of allylic oxidation sites excluding steroid dienone is 1. The van der Waals surface area contributed by atoms with Crippen LogP contribution in [0, 0.1) is 0 Å². The maximum atomic E-state index is 12.3. The lowest BCUT2D eigenvalue weighted by molar-refractivity contribution is -0.165. The first-order valence-corrected chi connectivity index (χ1v) is 7.44. The van der Waals surface area contributed by atoms with Crippen molar-refractivity contribution in [3.05, 3.63) is 42.1 Å². The highest BCUT2D eigenvalue weighted by Crippen LogP contribution is 2.21. The van der Waals surface area contributed by atoms with E-state index in [1.54, 1.807) is 0 Å². The summed E-state index contributed by atoms with van der Waals surface area (Å²) in [5.41, 5.74) is 5.84. The highest BCUT2D eigenvalue weighted by molar-refractivity contribution is 5.97. The molecule has 1 aromatic carbocycles. The lowest BCUT2D eigenvalue weighted by Gasteiger charge is -2.22. The van der Waals surface area contributed by atoms with E-state index in [0.717, 1.165) is 6.20 Å². The molecule has 1 aliphatic heterocycles. The van der Waals surface area contributed by atoms with Crippen molar-refractivity contribution in [2.45, 2.75) is 25.1 Å². The molecule has 0 saturated carbocycles. The number of nitrogens with two attached hydrogens (primary N) is 1. The lowest BCUT2D eigenvalue weighted by Crippen LogP contribution is -2.36. The Balaban J connectivity index is 2.01. The van der Waals surface area contributed by atoms with Gasteiger partial charge < -0.3 is 16.0 Å². The van der Waals surface area contributed by atoms with Crippen LogP contribution in [0.1, 0.15) is 23.2 Å². The van der Waals surface area contributed by atoms with Crippen LogP contribution >= 0.6 is 0 Å². The molecule has 1 unspecified atom stereocenters. The Kier molecular flexibility index (Phi) is 5.45. The molecule has 2 amide bonds. The second-order valence-electron chi connectivity index (χ2n) is 5.50. The van der Waals surface area contributed by atoms with Crippen molar-refractivity contribution in [2.24, 2.45) is 5.73 Å². The molecule has 0 spiro atoms. The Morgan fingerprint density at radius 3 is 2.40 bits per heavy atom. The zero-order valence-corrected chi connectivity index (χ0v) is 13.0. The molecule has 2 rings (SSSR count). The highest BCUT2D eigenvalue weighted by Gasteiger charge is 2.37. The van der Waals surface area contributed by atoms with Crippen molar-refractivity contribution in [3.8, 4) is 0 Å². The fourth-order valence-corrected chi connectivity index (χ4v) is 2.45. The quantitative estimate of drug-likeness (QED) is 0.788. The predicted octanol–water partition coefficient (Wildman–Crippen LogP) is 1.83. The third-order valence-corrected chi connectivity index (χ3v) is 3.73. The molecule has 0 bridgehead atoms. The number of carbonyl (C=O) groups is 3. The van der Waals surface area contributed by atoms with Gasteiger partial charge in [-0.05, 0) is 37.1 Å². The second-order valence-corrected chi connectivity index (χ2v) is 5.50. The van der Waals surface area contributed by atoms with Crippen LogP contribution in [0.15, 0.2) is 36.5 Å². The summed E-state index contributed by atoms with van der Waals surface area (Å²) in [6, 6.07) is 5.23. The minimum atomic E-state index is -4.93. The Bertz CT molecular complexity index is 699. The monoisotopic (exact) mass is 355 g/mol. The molecule has 0 aliphatic carbocycles. The molecule has 1 fully saturated rings. The predicted molar refractivity (Wildman–Crippen MR) is 83.5 cm³/mol. The molecule has 0 aromatic heterocycles. The first kappa shape index (κ1) is 18.5. The number of benzene rings is 1. The zero-order chi connectivity index (χ0) is 18.6. The largest absolute Gasteiger partial charge is 0.454 e. The van der Waals surface area contributed by atoms with Crippen LogP contribution < -0.4 is 11.1 Å². The number of rotatable bonds is 5. The second kappa shape index (κ2) is 7.37. The van der Waals surface area contributed by atoms with Crippen LogP contribution in [0.25, 0.3) is 0 Å². The van der Waals surface area contributed by atoms with E-state index >= 15 is 0 Å². The van der Waals surface area contributed by atoms with Gasteiger partial charge in [-0.1, -0.05) is 0 Å². The van der Waals surface area contributed by atoms with Crippen molar-refractivity contribution in [2.75, 3.05) is 11.9 Å². The van der Waals surface area contributed by atoms with Crippen molar-refractivity contribution < 1.29 is 27.6 Å². The Labute approximate surface area is 141 Å². The number of hydrogen-bond donors (Lipinski definition) is 2. The van der Waals surface area contributed by atoms with Gasteiger partial charge in [-0.25, -0.2) is 0 Å². The van der Waals surface area contributed by atoms with Crippen molar-refractivity contribution in [3.63, 3.8) is 0 Å². The number of carbonyl (C=O) groups excluding carboxylic acids is 3. The molecule has 6 nitrogen and oxygen atoms in total. The van der Waals surface area contributed by atoms with Gasteiger partial charge in [0, 0.05) is 30.1 Å². The molecule has 1 heterocycles. The summed E-state index contributed by atoms with van der Waals surface area (Å²) in [5.74, 6) is -2.98. The standard InChI is InChI=1S/C16H16F3N3O3/c17-16(18,19)13(23)7-9-22-8-1-2-12(22)15(25)21-11-5-3-10(4-6-11)14(20)24/h3-7,9,12H,1-2,8H2,(H2,20,24)(H,21,25)/b9-7+. The van der Waals surface area contributed by atoms with Gasteiger partial charge in [0.15, 0.2) is 0 Å². The van der Waals surface area contributed by atoms with E-state index in [1.807, 2.05) is 0 Å². The summed E-state index contributed by atoms with van der Waals surface area (Å²) in [6.07, 6.45) is -2.44. The van der Waals surface area contributed by atoms with Gasteiger partial charge in [0.25, 0.3) is 5.78 Å². The fraction of sp³-hybridized carbons (Fsp3) is 0.312. The Morgan fingerprint density at radius 2 is 1.84 bits per heavy atom. The molecular formula is C16H16F3N3O3. The van der Waals surface area contributed by atoms with Crippen LogP contribution in [-0.4, -0.2) is 41.3 Å². The minimum absolute atomic E-state index is 0.286. The van der Waals surface area contributed by atoms with Gasteiger partial charge >= 0.3 is 6.18 Å². The molecule has 0 radical (unpaired) electrons. The van der Waals surface area contributed by atoms with Crippen LogP contribution in [0.3, 0.4) is 0 Å². The first-order valence-electron chi connectivity index (χ1n) is 7.44. The van der Waals surface area contributed by atoms with E-state index in [2.05, 4.69) is 5.32 Å². The van der Waals surface area contributed by atoms with E-state index in [4.69, 9.17) is 5.73 Å². The average Bonchev–Trinajstić information content (AvgIpc) is 3.00. The number of primary amides is 1. The SMILES string of the molecule is NC(=O)c1ccc(NC(=O)C2CCCN2/C=C/C(=O)C(F)(F)F)cc1. The van der Waals surface area contributed by atoms with Crippen molar-refractivity contribution >= 4 is 23.3 Å². The number of halogens is 3. The van der Waals surface area contributed by atoms with E-state index in [1.165, 1.54) is 29.2 Å². The van der Waals surface area contributed by atoms with E-state index in [0.29, 0.717) is 31.1 Å². The highest BCUT2D eigenvalue weighted by atomic mass is 19.4. The fourth-order valence-electron chi connectivity index (χ4n) is 2.45. The van der Waals surface area contributed by atoms with Crippen LogP contribution in [0.5, 0.6) is 0 Å². The number of amides is 2. The smallest absolute Gasteiger partial charge is 0.366 e. The van der Waals surface area contributed by atoms with Crippen molar-refractivity contribution in [1.29, 1.82) is 0 Å². The third-order valence-electron chi connectivity index (χ3n) is 3.73. The third kappa shape index (κ3) is 4.82. The average molecular weight is 355 g/mol. The summed E-state index contributed by atoms with van der Waals surface area (Å²) in [4.78, 5) is 35.6. The van der Waals surface area contributed by atoms with Gasteiger partial charge in [-0.2, -0.15) is 13.2 Å². The number of hydrogen-bond acceptors (Lipinski definition) is 4. The summed E-state index contributed by atoms with van der Waals surface area (Å²) >= 11 is 0. The summed E-state index contributed by atoms with van der Waals surface area (Å²) in [7, 11) is 0. The first-order chi connectivity index (χ1) is 11.7. The van der Waals surface area contributed by atoms with Gasteiger partial charge in [0.2, 0.25) is 11.8 Å². The molecule has 25 heavy (non-hydrogen) atoms. The maximum Gasteiger partial charge on any atom is 0.454 e. The molecule has 1 saturated heterocycles. The number of nitrogens with one attached hydrogen (secondary N) is 1. The summed E-state index contributed by atoms with van der Waals surface area (Å²) in [5, 5.41) is 2.62. The number of nitrogens with zero attached hydrogens (tertiary/aromatic N) is 1. The topological polar surface area (TPSA) is 92.5 Å². The zero-order valence-electron chi connectivity index (χ0n) is 13.0. The van der Waals surface area contributed by atoms with Gasteiger partial charge in [0.1, 0.15) is 6.04 Å². The number of likely N-dealkylation sites (tertiary alicyclic amines) is 1. The lowest BCUT2D eigenvalue weighted by atomic mass is 10.1. The van der Waals surface area contributed by atoms with Crippen LogP contribution in [0.2, 0.25) is 0 Å². The van der Waals surface area contributed by atoms with E-state index < -0.39 is 29.8 Å². The molecule has 3 N–H and O–H groups in total. The van der Waals surface area contributed by atoms with Gasteiger partial charge in [-0.3, -0.25) is 14.4 Å². The van der Waals surface area contributed by atoms with E-state index in [9.17, 15) is 27.6 Å². The van der Waals surface area contributed by atoms with E-state index in [-0.39, 0.29) is 5.56 Å². The molecule has 1 aliphatic rings. The number of ketones is 1. The normalized spacial score (nSPS) is 17.7. The van der Waals surface area contributed by atoms with Gasteiger partial charge in [-0.15, -0.1) is 0 Å². The Morgan fingerprint density at radius 1 is 1.20 bits per heavy atom. The minimum Gasteiger partial charge on any atom is -0.366 e. The molecule has 9 heteroatoms. The molecule has 134 valence electrons. The van der Waals surface area contributed by atoms with Crippen LogP contribution in [0.4, 0.5) is 18.9 Å². The molecule has 1 atom stereocenters. The molecule has 1 aromatic rings. The summed E-state index contributed by atoms with van der Waals surface area (Å²) in [6.45, 7) is 0.375. The molecular weight excluding hydrogens is 339 g/mol.